The predicted molar refractivity (Wildman–Crippen MR) is 67.6 cm³/mol. The lowest BCUT2D eigenvalue weighted by atomic mass is 10.2. The van der Waals surface area contributed by atoms with Crippen LogP contribution < -0.4 is 5.32 Å². The molecule has 0 aliphatic rings. The van der Waals surface area contributed by atoms with E-state index in [0.717, 1.165) is 0 Å². The number of pyridine rings is 1. The molecule has 0 saturated carbocycles. The van der Waals surface area contributed by atoms with Crippen LogP contribution in [0.4, 0.5) is 17.2 Å². The maximum absolute atomic E-state index is 11.0. The normalized spacial score (nSPS) is 9.89. The Morgan fingerprint density at radius 1 is 1.26 bits per heavy atom. The molecule has 0 radical (unpaired) electrons. The first-order valence-corrected chi connectivity index (χ1v) is 5.28. The van der Waals surface area contributed by atoms with Gasteiger partial charge in [0.15, 0.2) is 0 Å². The highest BCUT2D eigenvalue weighted by atomic mass is 16.6. The molecule has 96 valence electrons. The zero-order valence-electron chi connectivity index (χ0n) is 9.61. The second-order valence-corrected chi connectivity index (χ2v) is 3.60. The van der Waals surface area contributed by atoms with Gasteiger partial charge in [0.2, 0.25) is 0 Å². The molecule has 0 aliphatic heterocycles. The lowest BCUT2D eigenvalue weighted by Gasteiger charge is -2.08. The first-order valence-electron chi connectivity index (χ1n) is 5.28. The standard InChI is InChI=1S/C12H9N3O4/c16-12(17)8-4-3-7-13-11(8)14-9-5-1-2-6-10(9)15(18)19/h1-7H,(H,13,14)(H,16,17). The Morgan fingerprint density at radius 3 is 2.68 bits per heavy atom. The third-order valence-electron chi connectivity index (χ3n) is 2.39. The van der Waals surface area contributed by atoms with Gasteiger partial charge in [-0.1, -0.05) is 12.1 Å². The van der Waals surface area contributed by atoms with Gasteiger partial charge in [0.25, 0.3) is 5.69 Å². The summed E-state index contributed by atoms with van der Waals surface area (Å²) in [6, 6.07) is 8.79. The molecule has 2 N–H and O–H groups in total. The molecule has 7 heteroatoms. The molecule has 2 rings (SSSR count). The number of nitro benzene ring substituents is 1. The van der Waals surface area contributed by atoms with Gasteiger partial charge >= 0.3 is 5.97 Å². The Morgan fingerprint density at radius 2 is 2.00 bits per heavy atom. The summed E-state index contributed by atoms with van der Waals surface area (Å²) in [5, 5.41) is 22.5. The van der Waals surface area contributed by atoms with Crippen molar-refractivity contribution < 1.29 is 14.8 Å². The number of hydrogen-bond donors (Lipinski definition) is 2. The van der Waals surface area contributed by atoms with E-state index in [0.29, 0.717) is 0 Å². The van der Waals surface area contributed by atoms with Crippen LogP contribution >= 0.6 is 0 Å². The Hall–Kier alpha value is -2.96. The van der Waals surface area contributed by atoms with Crippen molar-refractivity contribution in [2.45, 2.75) is 0 Å². The Bertz CT molecular complexity index is 587. The van der Waals surface area contributed by atoms with Crippen LogP contribution in [0, 0.1) is 10.1 Å². The van der Waals surface area contributed by atoms with E-state index in [1.54, 1.807) is 6.07 Å². The Balaban J connectivity index is 2.42. The number of aromatic carboxylic acids is 1. The molecule has 7 nitrogen and oxygen atoms in total. The van der Waals surface area contributed by atoms with Crippen LogP contribution in [0.15, 0.2) is 42.6 Å². The average molecular weight is 259 g/mol. The number of para-hydroxylation sites is 2. The first-order chi connectivity index (χ1) is 9.09. The second kappa shape index (κ2) is 5.13. The molecule has 1 heterocycles. The fraction of sp³-hybridized carbons (Fsp3) is 0. The van der Waals surface area contributed by atoms with Gasteiger partial charge in [0.05, 0.1) is 4.92 Å². The van der Waals surface area contributed by atoms with Crippen LogP contribution in [0.1, 0.15) is 10.4 Å². The van der Waals surface area contributed by atoms with E-state index in [-0.39, 0.29) is 22.8 Å². The number of nitro groups is 1. The number of nitrogens with zero attached hydrogens (tertiary/aromatic N) is 2. The summed E-state index contributed by atoms with van der Waals surface area (Å²) in [5.74, 6) is -1.10. The van der Waals surface area contributed by atoms with Gasteiger partial charge in [-0.3, -0.25) is 10.1 Å². The van der Waals surface area contributed by atoms with Gasteiger partial charge in [-0.25, -0.2) is 9.78 Å². The molecule has 0 spiro atoms. The molecule has 1 aromatic heterocycles. The van der Waals surface area contributed by atoms with E-state index in [4.69, 9.17) is 5.11 Å². The smallest absolute Gasteiger partial charge is 0.339 e. The zero-order valence-corrected chi connectivity index (χ0v) is 9.61. The summed E-state index contributed by atoms with van der Waals surface area (Å²) in [6.45, 7) is 0. The lowest BCUT2D eigenvalue weighted by molar-refractivity contribution is -0.383. The molecule has 0 amide bonds. The van der Waals surface area contributed by atoms with Crippen LogP contribution in [0.3, 0.4) is 0 Å². The average Bonchev–Trinajstić information content (AvgIpc) is 2.39. The maximum Gasteiger partial charge on any atom is 0.339 e. The predicted octanol–water partition coefficient (Wildman–Crippen LogP) is 2.43. The van der Waals surface area contributed by atoms with Crippen molar-refractivity contribution in [2.24, 2.45) is 0 Å². The van der Waals surface area contributed by atoms with Gasteiger partial charge in [-0.05, 0) is 18.2 Å². The highest BCUT2D eigenvalue weighted by Gasteiger charge is 2.16. The molecule has 0 atom stereocenters. The van der Waals surface area contributed by atoms with Gasteiger partial charge in [0, 0.05) is 12.3 Å². The summed E-state index contributed by atoms with van der Waals surface area (Å²) in [7, 11) is 0. The van der Waals surface area contributed by atoms with E-state index < -0.39 is 10.9 Å². The highest BCUT2D eigenvalue weighted by molar-refractivity contribution is 5.94. The van der Waals surface area contributed by atoms with Crippen molar-refractivity contribution in [3.8, 4) is 0 Å². The first kappa shape index (κ1) is 12.5. The molecular formula is C12H9N3O4. The summed E-state index contributed by atoms with van der Waals surface area (Å²) >= 11 is 0. The van der Waals surface area contributed by atoms with Crippen molar-refractivity contribution in [3.63, 3.8) is 0 Å². The maximum atomic E-state index is 11.0. The minimum Gasteiger partial charge on any atom is -0.478 e. The fourth-order valence-corrected chi connectivity index (χ4v) is 1.54. The summed E-state index contributed by atoms with van der Waals surface area (Å²) in [4.78, 5) is 25.2. The molecule has 2 aromatic rings. The number of nitrogens with one attached hydrogen (secondary N) is 1. The van der Waals surface area contributed by atoms with Gasteiger partial charge in [0.1, 0.15) is 17.1 Å². The number of anilines is 2. The van der Waals surface area contributed by atoms with Crippen LogP contribution in [-0.4, -0.2) is 21.0 Å². The Labute approximate surface area is 107 Å². The van der Waals surface area contributed by atoms with Crippen molar-refractivity contribution >= 4 is 23.2 Å². The number of carbonyl (C=O) groups is 1. The highest BCUT2D eigenvalue weighted by Crippen LogP contribution is 2.27. The van der Waals surface area contributed by atoms with Crippen molar-refractivity contribution in [2.75, 3.05) is 5.32 Å². The third kappa shape index (κ3) is 2.65. The van der Waals surface area contributed by atoms with Gasteiger partial charge in [-0.2, -0.15) is 0 Å². The largest absolute Gasteiger partial charge is 0.478 e. The van der Waals surface area contributed by atoms with E-state index in [9.17, 15) is 14.9 Å². The molecule has 19 heavy (non-hydrogen) atoms. The molecule has 0 fully saturated rings. The number of benzene rings is 1. The van der Waals surface area contributed by atoms with Gasteiger partial charge < -0.3 is 10.4 Å². The number of aromatic nitrogens is 1. The second-order valence-electron chi connectivity index (χ2n) is 3.60. The monoisotopic (exact) mass is 259 g/mol. The van der Waals surface area contributed by atoms with Gasteiger partial charge in [-0.15, -0.1) is 0 Å². The summed E-state index contributed by atoms with van der Waals surface area (Å²) in [6.07, 6.45) is 1.41. The molecular weight excluding hydrogens is 250 g/mol. The van der Waals surface area contributed by atoms with E-state index in [2.05, 4.69) is 10.3 Å². The number of carboxylic acid groups (broad SMARTS) is 1. The molecule has 0 aliphatic carbocycles. The van der Waals surface area contributed by atoms with Crippen molar-refractivity contribution in [3.05, 3.63) is 58.3 Å². The Kier molecular flexibility index (Phi) is 3.37. The van der Waals surface area contributed by atoms with Crippen LogP contribution in [0.5, 0.6) is 0 Å². The zero-order chi connectivity index (χ0) is 13.8. The van der Waals surface area contributed by atoms with Crippen molar-refractivity contribution in [1.29, 1.82) is 0 Å². The lowest BCUT2D eigenvalue weighted by Crippen LogP contribution is -2.05. The molecule has 0 bridgehead atoms. The third-order valence-corrected chi connectivity index (χ3v) is 2.39. The van der Waals surface area contributed by atoms with Crippen LogP contribution in [0.2, 0.25) is 0 Å². The fourth-order valence-electron chi connectivity index (χ4n) is 1.54. The van der Waals surface area contributed by atoms with E-state index in [1.807, 2.05) is 0 Å². The number of carboxylic acids is 1. The molecule has 1 aromatic carbocycles. The number of rotatable bonds is 4. The molecule has 0 unspecified atom stereocenters. The summed E-state index contributed by atoms with van der Waals surface area (Å²) in [5.41, 5.74) is -0.0150. The number of hydrogen-bond acceptors (Lipinski definition) is 5. The minimum absolute atomic E-state index is 0.0550. The van der Waals surface area contributed by atoms with Crippen molar-refractivity contribution in [1.82, 2.24) is 4.98 Å². The minimum atomic E-state index is -1.16. The van der Waals surface area contributed by atoms with Crippen LogP contribution in [-0.2, 0) is 0 Å². The van der Waals surface area contributed by atoms with E-state index in [1.165, 1.54) is 36.5 Å². The molecule has 0 saturated heterocycles. The summed E-state index contributed by atoms with van der Waals surface area (Å²) < 4.78 is 0. The van der Waals surface area contributed by atoms with E-state index >= 15 is 0 Å². The SMILES string of the molecule is O=C(O)c1cccnc1Nc1ccccc1[N+](=O)[O-]. The topological polar surface area (TPSA) is 105 Å². The van der Waals surface area contributed by atoms with Crippen LogP contribution in [0.25, 0.3) is 0 Å². The quantitative estimate of drug-likeness (QED) is 0.645.